The van der Waals surface area contributed by atoms with Crippen LogP contribution in [-0.2, 0) is 4.74 Å². The average molecular weight is 304 g/mol. The normalized spacial score (nSPS) is 21.6. The van der Waals surface area contributed by atoms with Crippen molar-refractivity contribution in [3.63, 3.8) is 0 Å². The van der Waals surface area contributed by atoms with E-state index in [1.807, 2.05) is 4.90 Å². The first kappa shape index (κ1) is 15.3. The van der Waals surface area contributed by atoms with Crippen LogP contribution in [0.25, 0.3) is 0 Å². The number of carbonyl (C=O) groups excluding carboxylic acids is 2. The lowest BCUT2D eigenvalue weighted by atomic mass is 9.92. The summed E-state index contributed by atoms with van der Waals surface area (Å²) in [5.41, 5.74) is 0.900. The molecule has 2 aliphatic rings. The standard InChI is InChI=1S/C17H24N2O3/c1-13(20)14-10-15(18-11-14)16(21)19-8-9-22-17(12-19)6-4-2-3-5-7-17/h10-11,18H,2-9,12H2,1H3. The van der Waals surface area contributed by atoms with Crippen LogP contribution in [0.4, 0.5) is 0 Å². The molecule has 1 amide bonds. The Labute approximate surface area is 131 Å². The molecule has 0 atom stereocenters. The van der Waals surface area contributed by atoms with Gasteiger partial charge in [-0.3, -0.25) is 9.59 Å². The molecule has 1 saturated carbocycles. The Morgan fingerprint density at radius 3 is 2.59 bits per heavy atom. The molecule has 5 nitrogen and oxygen atoms in total. The largest absolute Gasteiger partial charge is 0.371 e. The van der Waals surface area contributed by atoms with E-state index in [9.17, 15) is 9.59 Å². The minimum Gasteiger partial charge on any atom is -0.371 e. The van der Waals surface area contributed by atoms with Crippen molar-refractivity contribution < 1.29 is 14.3 Å². The number of amides is 1. The van der Waals surface area contributed by atoms with Crippen LogP contribution in [0.3, 0.4) is 0 Å². The van der Waals surface area contributed by atoms with Crippen molar-refractivity contribution in [1.29, 1.82) is 0 Å². The van der Waals surface area contributed by atoms with Crippen molar-refractivity contribution in [1.82, 2.24) is 9.88 Å². The van der Waals surface area contributed by atoms with Crippen LogP contribution in [0.2, 0.25) is 0 Å². The first-order valence-electron chi connectivity index (χ1n) is 8.22. The fourth-order valence-electron chi connectivity index (χ4n) is 3.58. The lowest BCUT2D eigenvalue weighted by molar-refractivity contribution is -0.107. The first-order valence-corrected chi connectivity index (χ1v) is 8.22. The van der Waals surface area contributed by atoms with E-state index < -0.39 is 0 Å². The van der Waals surface area contributed by atoms with E-state index in [1.54, 1.807) is 12.3 Å². The van der Waals surface area contributed by atoms with Crippen molar-refractivity contribution in [3.05, 3.63) is 23.5 Å². The van der Waals surface area contributed by atoms with Crippen molar-refractivity contribution in [2.24, 2.45) is 0 Å². The number of nitrogens with one attached hydrogen (secondary N) is 1. The van der Waals surface area contributed by atoms with Gasteiger partial charge in [0.25, 0.3) is 5.91 Å². The maximum absolute atomic E-state index is 12.7. The van der Waals surface area contributed by atoms with Crippen LogP contribution >= 0.6 is 0 Å². The van der Waals surface area contributed by atoms with E-state index in [1.165, 1.54) is 32.6 Å². The van der Waals surface area contributed by atoms with E-state index in [-0.39, 0.29) is 17.3 Å². The highest BCUT2D eigenvalue weighted by Gasteiger charge is 2.38. The lowest BCUT2D eigenvalue weighted by Crippen LogP contribution is -2.53. The Hall–Kier alpha value is -1.62. The summed E-state index contributed by atoms with van der Waals surface area (Å²) in [7, 11) is 0. The van der Waals surface area contributed by atoms with Crippen molar-refractivity contribution in [2.75, 3.05) is 19.7 Å². The summed E-state index contributed by atoms with van der Waals surface area (Å²) in [6.45, 7) is 3.40. The molecule has 22 heavy (non-hydrogen) atoms. The van der Waals surface area contributed by atoms with Crippen molar-refractivity contribution in [2.45, 2.75) is 51.0 Å². The molecule has 1 aliphatic heterocycles. The number of ether oxygens (including phenoxy) is 1. The van der Waals surface area contributed by atoms with Gasteiger partial charge in [0.05, 0.1) is 18.8 Å². The fraction of sp³-hybridized carbons (Fsp3) is 0.647. The molecule has 1 aromatic rings. The molecule has 1 N–H and O–H groups in total. The topological polar surface area (TPSA) is 62.4 Å². The van der Waals surface area contributed by atoms with Crippen LogP contribution in [-0.4, -0.2) is 46.9 Å². The summed E-state index contributed by atoms with van der Waals surface area (Å²) in [5, 5.41) is 0. The third-order valence-corrected chi connectivity index (χ3v) is 4.87. The van der Waals surface area contributed by atoms with Crippen molar-refractivity contribution >= 4 is 11.7 Å². The summed E-state index contributed by atoms with van der Waals surface area (Å²) >= 11 is 0. The number of aromatic amines is 1. The molecule has 1 aromatic heterocycles. The number of ketones is 1. The summed E-state index contributed by atoms with van der Waals surface area (Å²) in [6.07, 6.45) is 8.57. The van der Waals surface area contributed by atoms with Gasteiger partial charge in [-0.15, -0.1) is 0 Å². The van der Waals surface area contributed by atoms with Gasteiger partial charge in [0.15, 0.2) is 5.78 Å². The Morgan fingerprint density at radius 1 is 1.23 bits per heavy atom. The first-order chi connectivity index (χ1) is 10.6. The number of H-pyrrole nitrogens is 1. The molecule has 1 aliphatic carbocycles. The van der Waals surface area contributed by atoms with Crippen LogP contribution in [0.1, 0.15) is 66.3 Å². The van der Waals surface area contributed by atoms with Gasteiger partial charge in [-0.25, -0.2) is 0 Å². The highest BCUT2D eigenvalue weighted by molar-refractivity contribution is 5.99. The smallest absolute Gasteiger partial charge is 0.270 e. The molecule has 0 unspecified atom stereocenters. The molecule has 2 fully saturated rings. The Kier molecular flexibility index (Phi) is 4.34. The minimum absolute atomic E-state index is 0.0283. The maximum Gasteiger partial charge on any atom is 0.270 e. The summed E-state index contributed by atoms with van der Waals surface area (Å²) in [5.74, 6) is -0.0584. The zero-order chi connectivity index (χ0) is 15.6. The minimum atomic E-state index is -0.152. The number of hydrogen-bond donors (Lipinski definition) is 1. The Bertz CT molecular complexity index is 556. The Morgan fingerprint density at radius 2 is 1.95 bits per heavy atom. The molecule has 3 rings (SSSR count). The lowest BCUT2D eigenvalue weighted by Gasteiger charge is -2.42. The van der Waals surface area contributed by atoms with E-state index in [0.29, 0.717) is 31.0 Å². The van der Waals surface area contributed by atoms with E-state index in [2.05, 4.69) is 4.98 Å². The molecule has 5 heteroatoms. The maximum atomic E-state index is 12.7. The van der Waals surface area contributed by atoms with Crippen LogP contribution in [0, 0.1) is 0 Å². The van der Waals surface area contributed by atoms with Crippen LogP contribution in [0.15, 0.2) is 12.3 Å². The molecule has 1 saturated heterocycles. The average Bonchev–Trinajstić information content (AvgIpc) is 2.91. The monoisotopic (exact) mass is 304 g/mol. The van der Waals surface area contributed by atoms with Crippen LogP contribution in [0.5, 0.6) is 0 Å². The molecular formula is C17H24N2O3. The predicted octanol–water partition coefficient (Wildman–Crippen LogP) is 2.78. The van der Waals surface area contributed by atoms with Crippen LogP contribution < -0.4 is 0 Å². The molecule has 0 bridgehead atoms. The van der Waals surface area contributed by atoms with Gasteiger partial charge >= 0.3 is 0 Å². The molecule has 0 aromatic carbocycles. The quantitative estimate of drug-likeness (QED) is 0.855. The SMILES string of the molecule is CC(=O)c1c[nH]c(C(=O)N2CCOC3(CCCCCC3)C2)c1. The van der Waals surface area contributed by atoms with Gasteiger partial charge in [-0.1, -0.05) is 25.7 Å². The second kappa shape index (κ2) is 6.24. The second-order valence-corrected chi connectivity index (χ2v) is 6.53. The predicted molar refractivity (Wildman–Crippen MR) is 83.1 cm³/mol. The molecule has 2 heterocycles. The summed E-state index contributed by atoms with van der Waals surface area (Å²) < 4.78 is 6.09. The zero-order valence-corrected chi connectivity index (χ0v) is 13.2. The van der Waals surface area contributed by atoms with Crippen molar-refractivity contribution in [3.8, 4) is 0 Å². The number of hydrogen-bond acceptors (Lipinski definition) is 3. The summed E-state index contributed by atoms with van der Waals surface area (Å²) in [4.78, 5) is 28.9. The highest BCUT2D eigenvalue weighted by Crippen LogP contribution is 2.33. The van der Waals surface area contributed by atoms with Gasteiger partial charge in [0, 0.05) is 18.3 Å². The number of nitrogens with zero attached hydrogens (tertiary/aromatic N) is 1. The van der Waals surface area contributed by atoms with Gasteiger partial charge in [-0.2, -0.15) is 0 Å². The van der Waals surface area contributed by atoms with Gasteiger partial charge in [0.1, 0.15) is 5.69 Å². The number of morpholine rings is 1. The van der Waals surface area contributed by atoms with Gasteiger partial charge in [-0.05, 0) is 25.8 Å². The second-order valence-electron chi connectivity index (χ2n) is 6.53. The Balaban J connectivity index is 1.73. The fourth-order valence-corrected chi connectivity index (χ4v) is 3.58. The van der Waals surface area contributed by atoms with E-state index in [0.717, 1.165) is 12.8 Å². The molecule has 1 spiro atoms. The highest BCUT2D eigenvalue weighted by atomic mass is 16.5. The van der Waals surface area contributed by atoms with E-state index in [4.69, 9.17) is 4.74 Å². The molecule has 120 valence electrons. The number of Topliss-reactive ketones (excluding diaryl/α,β-unsaturated/α-hetero) is 1. The zero-order valence-electron chi connectivity index (χ0n) is 13.2. The third-order valence-electron chi connectivity index (χ3n) is 4.87. The number of rotatable bonds is 2. The molecular weight excluding hydrogens is 280 g/mol. The number of carbonyl (C=O) groups is 2. The van der Waals surface area contributed by atoms with Gasteiger partial charge in [0.2, 0.25) is 0 Å². The van der Waals surface area contributed by atoms with E-state index >= 15 is 0 Å². The molecule has 0 radical (unpaired) electrons. The van der Waals surface area contributed by atoms with Gasteiger partial charge < -0.3 is 14.6 Å². The third kappa shape index (κ3) is 3.09. The number of aromatic nitrogens is 1. The summed E-state index contributed by atoms with van der Waals surface area (Å²) in [6, 6.07) is 1.65.